The van der Waals surface area contributed by atoms with E-state index in [0.29, 0.717) is 11.1 Å². The fraction of sp³-hybridized carbons (Fsp3) is 0.278. The number of aliphatic hydroxyl groups is 1. The van der Waals surface area contributed by atoms with Crippen LogP contribution >= 0.6 is 0 Å². The number of carbonyl (C=O) groups is 1. The second kappa shape index (κ2) is 6.38. The number of ether oxygens (including phenoxy) is 1. The monoisotopic (exact) mass is 318 g/mol. The lowest BCUT2D eigenvalue weighted by atomic mass is 9.95. The van der Waals surface area contributed by atoms with E-state index in [2.05, 4.69) is 0 Å². The highest BCUT2D eigenvalue weighted by Gasteiger charge is 2.20. The van der Waals surface area contributed by atoms with Crippen LogP contribution in [-0.2, 0) is 10.4 Å². The first-order valence-corrected chi connectivity index (χ1v) is 7.21. The van der Waals surface area contributed by atoms with Crippen molar-refractivity contribution in [3.05, 3.63) is 53.8 Å². The van der Waals surface area contributed by atoms with Crippen molar-refractivity contribution in [2.24, 2.45) is 0 Å². The summed E-state index contributed by atoms with van der Waals surface area (Å²) in [4.78, 5) is 10.9. The van der Waals surface area contributed by atoms with Gasteiger partial charge in [0.25, 0.3) is 0 Å². The molecule has 2 rings (SSSR count). The van der Waals surface area contributed by atoms with Crippen LogP contribution in [0.25, 0.3) is 11.1 Å². The Bertz CT molecular complexity index is 719. The predicted molar refractivity (Wildman–Crippen MR) is 84.8 cm³/mol. The Hall–Kier alpha value is -2.40. The molecule has 5 heteroatoms. The zero-order valence-corrected chi connectivity index (χ0v) is 13.2. The second-order valence-corrected chi connectivity index (χ2v) is 5.85. The minimum Gasteiger partial charge on any atom is -0.479 e. The molecule has 0 aliphatic heterocycles. The molecule has 0 heterocycles. The minimum absolute atomic E-state index is 0.284. The zero-order chi connectivity index (χ0) is 17.2. The van der Waals surface area contributed by atoms with Crippen molar-refractivity contribution in [2.45, 2.75) is 32.5 Å². The molecule has 0 fully saturated rings. The van der Waals surface area contributed by atoms with Crippen molar-refractivity contribution in [3.63, 3.8) is 0 Å². The average Bonchev–Trinajstić information content (AvgIpc) is 2.47. The minimum atomic E-state index is -1.15. The summed E-state index contributed by atoms with van der Waals surface area (Å²) in [7, 11) is 0. The van der Waals surface area contributed by atoms with E-state index in [1.54, 1.807) is 50.2 Å². The molecule has 23 heavy (non-hydrogen) atoms. The zero-order valence-electron chi connectivity index (χ0n) is 13.2. The molecule has 1 atom stereocenters. The quantitative estimate of drug-likeness (QED) is 0.884. The lowest BCUT2D eigenvalue weighted by Gasteiger charge is -2.19. The molecule has 0 radical (unpaired) electrons. The van der Waals surface area contributed by atoms with E-state index < -0.39 is 23.5 Å². The van der Waals surface area contributed by atoms with Gasteiger partial charge in [0.1, 0.15) is 11.6 Å². The summed E-state index contributed by atoms with van der Waals surface area (Å²) in [5, 5.41) is 18.9. The summed E-state index contributed by atoms with van der Waals surface area (Å²) >= 11 is 0. The molecule has 0 aromatic heterocycles. The molecule has 0 saturated carbocycles. The van der Waals surface area contributed by atoms with E-state index >= 15 is 0 Å². The van der Waals surface area contributed by atoms with Gasteiger partial charge in [-0.2, -0.15) is 0 Å². The molecule has 0 amide bonds. The Morgan fingerprint density at radius 3 is 2.39 bits per heavy atom. The third-order valence-electron chi connectivity index (χ3n) is 3.50. The molecular formula is C18H19FO4. The van der Waals surface area contributed by atoms with Crippen LogP contribution in [0.5, 0.6) is 5.75 Å². The fourth-order valence-electron chi connectivity index (χ4n) is 2.15. The van der Waals surface area contributed by atoms with Gasteiger partial charge >= 0.3 is 5.97 Å². The van der Waals surface area contributed by atoms with Crippen molar-refractivity contribution in [1.29, 1.82) is 0 Å². The van der Waals surface area contributed by atoms with Gasteiger partial charge in [-0.05, 0) is 38.5 Å². The fourth-order valence-corrected chi connectivity index (χ4v) is 2.15. The SMILES string of the molecule is CC(Oc1ccccc1-c1ccc(C(C)(C)O)cc1F)C(=O)O. The second-order valence-electron chi connectivity index (χ2n) is 5.85. The molecule has 2 aromatic carbocycles. The van der Waals surface area contributed by atoms with Crippen LogP contribution in [0.2, 0.25) is 0 Å². The van der Waals surface area contributed by atoms with E-state index in [0.717, 1.165) is 0 Å². The Balaban J connectivity index is 2.45. The van der Waals surface area contributed by atoms with Gasteiger partial charge in [0.05, 0.1) is 5.60 Å². The normalized spacial score (nSPS) is 12.7. The molecule has 0 bridgehead atoms. The molecule has 0 spiro atoms. The Morgan fingerprint density at radius 1 is 1.17 bits per heavy atom. The lowest BCUT2D eigenvalue weighted by molar-refractivity contribution is -0.144. The van der Waals surface area contributed by atoms with Gasteiger partial charge in [-0.1, -0.05) is 30.3 Å². The number of carboxylic acid groups (broad SMARTS) is 1. The van der Waals surface area contributed by atoms with Crippen LogP contribution in [0.15, 0.2) is 42.5 Å². The van der Waals surface area contributed by atoms with Crippen molar-refractivity contribution in [3.8, 4) is 16.9 Å². The first-order valence-electron chi connectivity index (χ1n) is 7.21. The number of carboxylic acids is 1. The number of rotatable bonds is 5. The number of hydrogen-bond acceptors (Lipinski definition) is 3. The van der Waals surface area contributed by atoms with Gasteiger partial charge in [-0.3, -0.25) is 0 Å². The Morgan fingerprint density at radius 2 is 1.83 bits per heavy atom. The molecule has 2 N–H and O–H groups in total. The largest absolute Gasteiger partial charge is 0.479 e. The average molecular weight is 318 g/mol. The number of benzene rings is 2. The molecule has 0 aliphatic carbocycles. The Kier molecular flexibility index (Phi) is 4.71. The summed E-state index contributed by atoms with van der Waals surface area (Å²) in [5.41, 5.74) is 0.0513. The number of hydrogen-bond donors (Lipinski definition) is 2. The standard InChI is InChI=1S/C18H19FO4/c1-11(17(20)21)23-16-7-5-4-6-14(16)13-9-8-12(10-15(13)19)18(2,3)22/h4-11,22H,1-3H3,(H,20,21). The van der Waals surface area contributed by atoms with Crippen LogP contribution < -0.4 is 4.74 Å². The molecule has 4 nitrogen and oxygen atoms in total. The maximum atomic E-state index is 14.5. The maximum Gasteiger partial charge on any atom is 0.344 e. The topological polar surface area (TPSA) is 66.8 Å². The summed E-state index contributed by atoms with van der Waals surface area (Å²) in [6.45, 7) is 4.56. The number of para-hydroxylation sites is 1. The summed E-state index contributed by atoms with van der Waals surface area (Å²) in [5.74, 6) is -1.32. The number of halogens is 1. The highest BCUT2D eigenvalue weighted by molar-refractivity contribution is 5.75. The molecule has 0 aliphatic rings. The van der Waals surface area contributed by atoms with E-state index in [9.17, 15) is 14.3 Å². The van der Waals surface area contributed by atoms with Crippen LogP contribution in [0, 0.1) is 5.82 Å². The highest BCUT2D eigenvalue weighted by atomic mass is 19.1. The van der Waals surface area contributed by atoms with Crippen LogP contribution in [0.1, 0.15) is 26.3 Å². The van der Waals surface area contributed by atoms with Crippen molar-refractivity contribution >= 4 is 5.97 Å². The van der Waals surface area contributed by atoms with Gasteiger partial charge in [0.2, 0.25) is 0 Å². The maximum absolute atomic E-state index is 14.5. The van der Waals surface area contributed by atoms with Crippen LogP contribution in [-0.4, -0.2) is 22.3 Å². The first-order chi connectivity index (χ1) is 10.7. The van der Waals surface area contributed by atoms with Crippen LogP contribution in [0.4, 0.5) is 4.39 Å². The van der Waals surface area contributed by atoms with E-state index in [-0.39, 0.29) is 11.3 Å². The van der Waals surface area contributed by atoms with E-state index in [4.69, 9.17) is 9.84 Å². The van der Waals surface area contributed by atoms with Gasteiger partial charge in [-0.15, -0.1) is 0 Å². The first kappa shape index (κ1) is 17.0. The Labute approximate surface area is 134 Å². The van der Waals surface area contributed by atoms with E-state index in [1.165, 1.54) is 13.0 Å². The highest BCUT2D eigenvalue weighted by Crippen LogP contribution is 2.34. The van der Waals surface area contributed by atoms with Gasteiger partial charge < -0.3 is 14.9 Å². The molecule has 2 aromatic rings. The summed E-state index contributed by atoms with van der Waals surface area (Å²) < 4.78 is 19.9. The van der Waals surface area contributed by atoms with Crippen molar-refractivity contribution < 1.29 is 24.1 Å². The van der Waals surface area contributed by atoms with Crippen molar-refractivity contribution in [2.75, 3.05) is 0 Å². The van der Waals surface area contributed by atoms with Gasteiger partial charge in [0.15, 0.2) is 6.10 Å². The molecular weight excluding hydrogens is 299 g/mol. The van der Waals surface area contributed by atoms with Gasteiger partial charge in [0, 0.05) is 11.1 Å². The van der Waals surface area contributed by atoms with Crippen molar-refractivity contribution in [1.82, 2.24) is 0 Å². The summed E-state index contributed by atoms with van der Waals surface area (Å²) in [6, 6.07) is 11.1. The number of aliphatic carboxylic acids is 1. The third kappa shape index (κ3) is 3.87. The molecule has 0 saturated heterocycles. The molecule has 122 valence electrons. The third-order valence-corrected chi connectivity index (χ3v) is 3.50. The van der Waals surface area contributed by atoms with E-state index in [1.807, 2.05) is 0 Å². The van der Waals surface area contributed by atoms with Gasteiger partial charge in [-0.25, -0.2) is 9.18 Å². The predicted octanol–water partition coefficient (Wildman–Crippen LogP) is 3.57. The lowest BCUT2D eigenvalue weighted by Crippen LogP contribution is -2.23. The summed E-state index contributed by atoms with van der Waals surface area (Å²) in [6.07, 6.45) is -1.05. The van der Waals surface area contributed by atoms with Crippen LogP contribution in [0.3, 0.4) is 0 Å². The smallest absolute Gasteiger partial charge is 0.344 e. The molecule has 1 unspecified atom stereocenters.